The van der Waals surface area contributed by atoms with Gasteiger partial charge in [-0.1, -0.05) is 0 Å². The van der Waals surface area contributed by atoms with Crippen molar-refractivity contribution in [1.29, 1.82) is 0 Å². The monoisotopic (exact) mass is 295 g/mol. The molecule has 1 aliphatic rings. The van der Waals surface area contributed by atoms with Crippen LogP contribution < -0.4 is 5.32 Å². The van der Waals surface area contributed by atoms with Crippen LogP contribution in [-0.2, 0) is 9.47 Å². The van der Waals surface area contributed by atoms with E-state index in [1.54, 1.807) is 7.11 Å². The maximum Gasteiger partial charge on any atom is 0.356 e. The van der Waals surface area contributed by atoms with Gasteiger partial charge < -0.3 is 14.8 Å². The molecular weight excluding hydrogens is 278 g/mol. The van der Waals surface area contributed by atoms with Gasteiger partial charge in [0.1, 0.15) is 0 Å². The zero-order valence-corrected chi connectivity index (χ0v) is 11.9. The highest BCUT2D eigenvalue weighted by molar-refractivity contribution is 5.88. The Hall–Kier alpha value is -2.22. The van der Waals surface area contributed by atoms with Gasteiger partial charge >= 0.3 is 11.7 Å². The number of esters is 1. The molecule has 114 valence electrons. The molecule has 2 unspecified atom stereocenters. The quantitative estimate of drug-likeness (QED) is 0.501. The first-order chi connectivity index (χ1) is 10.1. The second-order valence-corrected chi connectivity index (χ2v) is 4.77. The minimum Gasteiger partial charge on any atom is -0.464 e. The molecule has 0 radical (unpaired) electrons. The first-order valence-corrected chi connectivity index (χ1v) is 6.60. The number of nitrogens with one attached hydrogen (secondary N) is 1. The predicted octanol–water partition coefficient (Wildman–Crippen LogP) is 1.76. The van der Waals surface area contributed by atoms with Crippen LogP contribution in [0, 0.1) is 10.1 Å². The molecule has 21 heavy (non-hydrogen) atoms. The number of ether oxygens (including phenoxy) is 2. The summed E-state index contributed by atoms with van der Waals surface area (Å²) in [6, 6.07) is 2.46. The zero-order chi connectivity index (χ0) is 15.4. The van der Waals surface area contributed by atoms with Gasteiger partial charge in [-0.3, -0.25) is 10.1 Å². The molecule has 0 amide bonds. The summed E-state index contributed by atoms with van der Waals surface area (Å²) in [6.07, 6.45) is 2.67. The van der Waals surface area contributed by atoms with E-state index in [1.807, 2.05) is 0 Å². The van der Waals surface area contributed by atoms with Gasteiger partial charge in [-0.25, -0.2) is 9.78 Å². The molecule has 8 nitrogen and oxygen atoms in total. The van der Waals surface area contributed by atoms with E-state index in [-0.39, 0.29) is 29.3 Å². The van der Waals surface area contributed by atoms with Crippen molar-refractivity contribution in [3.63, 3.8) is 0 Å². The minimum absolute atomic E-state index is 0.0202. The van der Waals surface area contributed by atoms with Gasteiger partial charge in [0.05, 0.1) is 24.2 Å². The standard InChI is InChI=1S/C13H17N3O5/c1-20-11-5-3-4-8(11)14-12-10(16(18)19)7-6-9(15-12)13(17)21-2/h6-8,11H,3-5H2,1-2H3,(H,14,15). The van der Waals surface area contributed by atoms with E-state index in [0.717, 1.165) is 19.3 Å². The number of anilines is 1. The van der Waals surface area contributed by atoms with Crippen molar-refractivity contribution in [2.75, 3.05) is 19.5 Å². The summed E-state index contributed by atoms with van der Waals surface area (Å²) in [5.74, 6) is -0.570. The summed E-state index contributed by atoms with van der Waals surface area (Å²) in [4.78, 5) is 26.1. The van der Waals surface area contributed by atoms with Crippen molar-refractivity contribution in [1.82, 2.24) is 4.98 Å². The third kappa shape index (κ3) is 3.27. The molecule has 1 aliphatic carbocycles. The molecule has 8 heteroatoms. The Balaban J connectivity index is 2.30. The Bertz CT molecular complexity index is 549. The third-order valence-corrected chi connectivity index (χ3v) is 3.54. The number of hydrogen-bond donors (Lipinski definition) is 1. The zero-order valence-electron chi connectivity index (χ0n) is 11.9. The number of nitrogens with zero attached hydrogens (tertiary/aromatic N) is 2. The fourth-order valence-electron chi connectivity index (χ4n) is 2.47. The van der Waals surface area contributed by atoms with Crippen molar-refractivity contribution >= 4 is 17.5 Å². The number of hydrogen-bond acceptors (Lipinski definition) is 7. The minimum atomic E-state index is -0.636. The molecule has 1 fully saturated rings. The lowest BCUT2D eigenvalue weighted by molar-refractivity contribution is -0.384. The topological polar surface area (TPSA) is 104 Å². The van der Waals surface area contributed by atoms with Crippen molar-refractivity contribution in [2.45, 2.75) is 31.4 Å². The summed E-state index contributed by atoms with van der Waals surface area (Å²) in [7, 11) is 2.84. The maximum atomic E-state index is 11.5. The van der Waals surface area contributed by atoms with E-state index in [2.05, 4.69) is 15.0 Å². The first kappa shape index (κ1) is 15.2. The fourth-order valence-corrected chi connectivity index (χ4v) is 2.47. The van der Waals surface area contributed by atoms with Crippen LogP contribution in [0.2, 0.25) is 0 Å². The summed E-state index contributed by atoms with van der Waals surface area (Å²) >= 11 is 0. The van der Waals surface area contributed by atoms with E-state index in [1.165, 1.54) is 19.2 Å². The van der Waals surface area contributed by atoms with Crippen LogP contribution in [0.3, 0.4) is 0 Å². The number of pyridine rings is 1. The molecule has 1 saturated carbocycles. The molecule has 1 heterocycles. The summed E-state index contributed by atoms with van der Waals surface area (Å²) in [6.45, 7) is 0. The normalized spacial score (nSPS) is 21.0. The van der Waals surface area contributed by atoms with Gasteiger partial charge in [-0.05, 0) is 25.3 Å². The number of carbonyl (C=O) groups is 1. The van der Waals surface area contributed by atoms with Crippen molar-refractivity contribution in [2.24, 2.45) is 0 Å². The second-order valence-electron chi connectivity index (χ2n) is 4.77. The average molecular weight is 295 g/mol. The van der Waals surface area contributed by atoms with Gasteiger partial charge in [0, 0.05) is 13.2 Å². The molecule has 1 aromatic heterocycles. The predicted molar refractivity (Wildman–Crippen MR) is 74.3 cm³/mol. The van der Waals surface area contributed by atoms with Crippen LogP contribution in [0.15, 0.2) is 12.1 Å². The highest BCUT2D eigenvalue weighted by Gasteiger charge is 2.30. The molecule has 1 aromatic rings. The summed E-state index contributed by atoms with van der Waals surface area (Å²) in [5.41, 5.74) is -0.151. The summed E-state index contributed by atoms with van der Waals surface area (Å²) < 4.78 is 9.92. The third-order valence-electron chi connectivity index (χ3n) is 3.54. The number of aromatic nitrogens is 1. The van der Waals surface area contributed by atoms with Crippen molar-refractivity contribution in [3.8, 4) is 0 Å². The summed E-state index contributed by atoms with van der Waals surface area (Å²) in [5, 5.41) is 14.1. The molecule has 2 atom stereocenters. The Morgan fingerprint density at radius 2 is 2.19 bits per heavy atom. The average Bonchev–Trinajstić information content (AvgIpc) is 2.93. The Morgan fingerprint density at radius 1 is 1.43 bits per heavy atom. The van der Waals surface area contributed by atoms with Gasteiger partial charge in [-0.15, -0.1) is 0 Å². The Kier molecular flexibility index (Phi) is 4.69. The molecule has 0 aromatic carbocycles. The number of rotatable bonds is 5. The highest BCUT2D eigenvalue weighted by Crippen LogP contribution is 2.29. The molecule has 0 bridgehead atoms. The highest BCUT2D eigenvalue weighted by atomic mass is 16.6. The lowest BCUT2D eigenvalue weighted by Crippen LogP contribution is -2.30. The molecule has 0 aliphatic heterocycles. The number of carbonyl (C=O) groups excluding carboxylic acids is 1. The van der Waals surface area contributed by atoms with Crippen molar-refractivity contribution < 1.29 is 19.2 Å². The Labute approximate surface area is 121 Å². The van der Waals surface area contributed by atoms with Crippen LogP contribution >= 0.6 is 0 Å². The largest absolute Gasteiger partial charge is 0.464 e. The molecule has 0 saturated heterocycles. The van der Waals surface area contributed by atoms with Gasteiger partial charge in [0.15, 0.2) is 5.69 Å². The van der Waals surface area contributed by atoms with Crippen LogP contribution in [0.5, 0.6) is 0 Å². The molecule has 2 rings (SSSR count). The van der Waals surface area contributed by atoms with E-state index in [9.17, 15) is 14.9 Å². The molecular formula is C13H17N3O5. The van der Waals surface area contributed by atoms with Crippen molar-refractivity contribution in [3.05, 3.63) is 27.9 Å². The molecule has 0 spiro atoms. The van der Waals surface area contributed by atoms with Gasteiger partial charge in [0.25, 0.3) is 0 Å². The van der Waals surface area contributed by atoms with Crippen LogP contribution in [0.1, 0.15) is 29.8 Å². The maximum absolute atomic E-state index is 11.5. The van der Waals surface area contributed by atoms with Crippen LogP contribution in [0.4, 0.5) is 11.5 Å². The SMILES string of the molecule is COC(=O)c1ccc([N+](=O)[O-])c(NC2CCCC2OC)n1. The van der Waals surface area contributed by atoms with Gasteiger partial charge in [-0.2, -0.15) is 0 Å². The molecule has 1 N–H and O–H groups in total. The van der Waals surface area contributed by atoms with E-state index in [0.29, 0.717) is 0 Å². The van der Waals surface area contributed by atoms with E-state index in [4.69, 9.17) is 4.74 Å². The van der Waals surface area contributed by atoms with E-state index < -0.39 is 10.9 Å². The first-order valence-electron chi connectivity index (χ1n) is 6.60. The van der Waals surface area contributed by atoms with Crippen LogP contribution in [0.25, 0.3) is 0 Å². The lowest BCUT2D eigenvalue weighted by atomic mass is 10.2. The fraction of sp³-hybridized carbons (Fsp3) is 0.538. The number of nitro groups is 1. The smallest absolute Gasteiger partial charge is 0.356 e. The van der Waals surface area contributed by atoms with Gasteiger partial charge in [0.2, 0.25) is 5.82 Å². The Morgan fingerprint density at radius 3 is 2.81 bits per heavy atom. The van der Waals surface area contributed by atoms with Crippen LogP contribution in [-0.4, -0.2) is 42.2 Å². The lowest BCUT2D eigenvalue weighted by Gasteiger charge is -2.20. The second kappa shape index (κ2) is 6.49. The number of methoxy groups -OCH3 is 2. The van der Waals surface area contributed by atoms with E-state index >= 15 is 0 Å².